The minimum Gasteiger partial charge on any atom is -0.494 e. The molecule has 0 bridgehead atoms. The first-order valence-corrected chi connectivity index (χ1v) is 23.2. The molecule has 6 aromatic rings. The summed E-state index contributed by atoms with van der Waals surface area (Å²) in [5, 5.41) is 6.43. The molecule has 2 atom stereocenters. The molecule has 2 N–H and O–H groups in total. The molecule has 1 aliphatic carbocycles. The molecule has 0 aromatic heterocycles. The van der Waals surface area contributed by atoms with Crippen molar-refractivity contribution < 1.29 is 14.3 Å². The van der Waals surface area contributed by atoms with E-state index in [1.807, 2.05) is 140 Å². The average Bonchev–Trinajstić information content (AvgIpc) is 3.32. The van der Waals surface area contributed by atoms with Gasteiger partial charge in [-0.15, -0.1) is 0 Å². The number of hydrogen-bond acceptors (Lipinski definition) is 3. The summed E-state index contributed by atoms with van der Waals surface area (Å²) < 4.78 is 6.20. The van der Waals surface area contributed by atoms with Crippen LogP contribution in [0, 0.1) is 42.4 Å². The Morgan fingerprint density at radius 3 is 1.25 bits per heavy atom. The Morgan fingerprint density at radius 1 is 0.453 bits per heavy atom. The SMILES string of the molecule is CCCCCCCCCCCCOc1ccc(C2C(C(=O)Nc3ccc(C#Cc4ccccc4)cc3)C(c3ccc(C)cc3)C2C(=O)Nc2ccc(C#Cc3ccccc3)cc2)cc1. The number of ether oxygens (including phenoxy) is 1. The molecule has 1 fully saturated rings. The number of unbranched alkanes of at least 4 members (excludes halogenated alkanes) is 9. The van der Waals surface area contributed by atoms with Gasteiger partial charge in [0.25, 0.3) is 0 Å². The second kappa shape index (κ2) is 23.6. The molecule has 0 aliphatic heterocycles. The number of anilines is 2. The number of rotatable bonds is 18. The van der Waals surface area contributed by atoms with Gasteiger partial charge in [-0.3, -0.25) is 9.59 Å². The first-order chi connectivity index (χ1) is 31.4. The lowest BCUT2D eigenvalue weighted by Gasteiger charge is -2.50. The van der Waals surface area contributed by atoms with Crippen LogP contribution in [0.25, 0.3) is 0 Å². The van der Waals surface area contributed by atoms with Gasteiger partial charge in [0.1, 0.15) is 5.75 Å². The summed E-state index contributed by atoms with van der Waals surface area (Å²) >= 11 is 0. The van der Waals surface area contributed by atoms with E-state index in [0.29, 0.717) is 18.0 Å². The van der Waals surface area contributed by atoms with E-state index in [4.69, 9.17) is 4.74 Å². The third-order valence-electron chi connectivity index (χ3n) is 12.2. The fourth-order valence-electron chi connectivity index (χ4n) is 8.64. The van der Waals surface area contributed by atoms with Crippen LogP contribution in [-0.2, 0) is 9.59 Å². The Labute approximate surface area is 381 Å². The first kappa shape index (κ1) is 45.2. The largest absolute Gasteiger partial charge is 0.494 e. The Hall–Kier alpha value is -6.82. The molecule has 7 rings (SSSR count). The van der Waals surface area contributed by atoms with E-state index in [2.05, 4.69) is 65.5 Å². The molecule has 5 nitrogen and oxygen atoms in total. The molecule has 0 spiro atoms. The Kier molecular flexibility index (Phi) is 16.7. The standard InChI is InChI=1S/C59H60N2O3/c1-3-4-5-6-7-8-9-10-11-18-43-64-53-41-35-50(36-42-53)55-56(58(62)60-51-37-29-47(30-38-51)27-25-45-19-14-12-15-20-45)54(49-33-23-44(2)24-34-49)57(55)59(63)61-52-39-31-48(32-40-52)28-26-46-21-16-13-17-22-46/h12-17,19-24,29-42,54-57H,3-11,18,43H2,1-2H3,(H,60,62)(H,61,63). The highest BCUT2D eigenvalue weighted by Crippen LogP contribution is 2.58. The van der Waals surface area contributed by atoms with Crippen LogP contribution in [-0.4, -0.2) is 18.4 Å². The van der Waals surface area contributed by atoms with Crippen LogP contribution in [0.4, 0.5) is 11.4 Å². The minimum atomic E-state index is -0.523. The van der Waals surface area contributed by atoms with Gasteiger partial charge in [-0.05, 0) is 109 Å². The highest BCUT2D eigenvalue weighted by atomic mass is 16.5. The van der Waals surface area contributed by atoms with Gasteiger partial charge in [0, 0.05) is 45.5 Å². The number of hydrogen-bond donors (Lipinski definition) is 2. The smallest absolute Gasteiger partial charge is 0.228 e. The van der Waals surface area contributed by atoms with Crippen LogP contribution >= 0.6 is 0 Å². The van der Waals surface area contributed by atoms with Crippen molar-refractivity contribution in [2.45, 2.75) is 89.9 Å². The normalized spacial score (nSPS) is 16.2. The summed E-state index contributed by atoms with van der Waals surface area (Å²) in [5.74, 6) is 11.5. The van der Waals surface area contributed by atoms with Gasteiger partial charge < -0.3 is 15.4 Å². The molecular weight excluding hydrogens is 785 g/mol. The van der Waals surface area contributed by atoms with Crippen LogP contribution in [0.2, 0.25) is 0 Å². The summed E-state index contributed by atoms with van der Waals surface area (Å²) in [6, 6.07) is 51.2. The van der Waals surface area contributed by atoms with E-state index in [1.165, 1.54) is 51.4 Å². The highest BCUT2D eigenvalue weighted by molar-refractivity contribution is 6.01. The van der Waals surface area contributed by atoms with Crippen LogP contribution in [0.15, 0.2) is 158 Å². The van der Waals surface area contributed by atoms with E-state index < -0.39 is 17.8 Å². The second-order valence-corrected chi connectivity index (χ2v) is 17.0. The first-order valence-electron chi connectivity index (χ1n) is 23.2. The van der Waals surface area contributed by atoms with Gasteiger partial charge in [0.2, 0.25) is 11.8 Å². The summed E-state index contributed by atoms with van der Waals surface area (Å²) in [6.45, 7) is 4.97. The number of carbonyl (C=O) groups is 2. The van der Waals surface area contributed by atoms with Gasteiger partial charge in [-0.25, -0.2) is 0 Å². The lowest BCUT2D eigenvalue weighted by Crippen LogP contribution is -2.53. The maximum atomic E-state index is 14.6. The van der Waals surface area contributed by atoms with Crippen LogP contribution in [0.5, 0.6) is 5.75 Å². The maximum absolute atomic E-state index is 14.6. The van der Waals surface area contributed by atoms with Crippen LogP contribution in [0.3, 0.4) is 0 Å². The Morgan fingerprint density at radius 2 is 0.828 bits per heavy atom. The molecule has 0 saturated heterocycles. The summed E-state index contributed by atoms with van der Waals surface area (Å²) in [5.41, 5.74) is 7.93. The van der Waals surface area contributed by atoms with Crippen molar-refractivity contribution in [1.29, 1.82) is 0 Å². The molecular formula is C59H60N2O3. The fraction of sp³-hybridized carbons (Fsp3) is 0.288. The number of aryl methyl sites for hydroxylation is 1. The van der Waals surface area contributed by atoms with E-state index in [-0.39, 0.29) is 17.7 Å². The lowest BCUT2D eigenvalue weighted by atomic mass is 9.52. The third kappa shape index (κ3) is 12.9. The third-order valence-corrected chi connectivity index (χ3v) is 12.2. The van der Waals surface area contributed by atoms with E-state index in [1.54, 1.807) is 0 Å². The van der Waals surface area contributed by atoms with E-state index in [0.717, 1.165) is 57.5 Å². The lowest BCUT2D eigenvalue weighted by molar-refractivity contribution is -0.134. The predicted molar refractivity (Wildman–Crippen MR) is 262 cm³/mol. The fourth-order valence-corrected chi connectivity index (χ4v) is 8.64. The molecule has 324 valence electrons. The van der Waals surface area contributed by atoms with Crippen molar-refractivity contribution in [3.05, 3.63) is 197 Å². The zero-order valence-electron chi connectivity index (χ0n) is 37.3. The van der Waals surface area contributed by atoms with E-state index in [9.17, 15) is 9.59 Å². The van der Waals surface area contributed by atoms with Crippen LogP contribution in [0.1, 0.15) is 122 Å². The van der Waals surface area contributed by atoms with Gasteiger partial charge in [-0.1, -0.05) is 167 Å². The van der Waals surface area contributed by atoms with Crippen molar-refractivity contribution in [2.24, 2.45) is 11.8 Å². The van der Waals surface area contributed by atoms with Crippen molar-refractivity contribution in [2.75, 3.05) is 17.2 Å². The molecule has 1 aliphatic rings. The topological polar surface area (TPSA) is 67.4 Å². The zero-order valence-corrected chi connectivity index (χ0v) is 37.3. The van der Waals surface area contributed by atoms with Gasteiger partial charge in [0.15, 0.2) is 0 Å². The molecule has 5 heteroatoms. The summed E-state index contributed by atoms with van der Waals surface area (Å²) in [4.78, 5) is 29.3. The van der Waals surface area contributed by atoms with Crippen molar-refractivity contribution in [3.63, 3.8) is 0 Å². The maximum Gasteiger partial charge on any atom is 0.228 e. The highest BCUT2D eigenvalue weighted by Gasteiger charge is 2.58. The predicted octanol–water partition coefficient (Wildman–Crippen LogP) is 13.5. The Bertz CT molecular complexity index is 2390. The van der Waals surface area contributed by atoms with Crippen LogP contribution < -0.4 is 15.4 Å². The molecule has 1 saturated carbocycles. The van der Waals surface area contributed by atoms with E-state index >= 15 is 0 Å². The molecule has 64 heavy (non-hydrogen) atoms. The van der Waals surface area contributed by atoms with Crippen molar-refractivity contribution >= 4 is 23.2 Å². The van der Waals surface area contributed by atoms with Gasteiger partial charge in [0.05, 0.1) is 18.4 Å². The average molecular weight is 845 g/mol. The molecule has 0 heterocycles. The van der Waals surface area contributed by atoms with Crippen molar-refractivity contribution in [1.82, 2.24) is 0 Å². The number of amides is 2. The minimum absolute atomic E-state index is 0.134. The monoisotopic (exact) mass is 844 g/mol. The summed E-state index contributed by atoms with van der Waals surface area (Å²) in [7, 11) is 0. The molecule has 6 aromatic carbocycles. The molecule has 2 unspecified atom stereocenters. The van der Waals surface area contributed by atoms with Gasteiger partial charge >= 0.3 is 0 Å². The Balaban J connectivity index is 1.08. The van der Waals surface area contributed by atoms with Gasteiger partial charge in [-0.2, -0.15) is 0 Å². The molecule has 2 amide bonds. The quantitative estimate of drug-likeness (QED) is 0.0669. The van der Waals surface area contributed by atoms with Crippen molar-refractivity contribution in [3.8, 4) is 29.4 Å². The number of nitrogens with one attached hydrogen (secondary N) is 2. The zero-order chi connectivity index (χ0) is 44.4. The number of carbonyl (C=O) groups excluding carboxylic acids is 2. The second-order valence-electron chi connectivity index (χ2n) is 17.0. The molecule has 0 radical (unpaired) electrons. The number of benzene rings is 6. The summed E-state index contributed by atoms with van der Waals surface area (Å²) in [6.07, 6.45) is 12.7.